The quantitative estimate of drug-likeness (QED) is 0.490. The molecule has 3 N–H and O–H groups in total. The van der Waals surface area contributed by atoms with Crippen molar-refractivity contribution in [2.24, 2.45) is 13.0 Å². The van der Waals surface area contributed by atoms with E-state index in [9.17, 15) is 14.4 Å². The Morgan fingerprint density at radius 3 is 2.64 bits per heavy atom. The molecule has 2 aliphatic rings. The first-order chi connectivity index (χ1) is 17.2. The van der Waals surface area contributed by atoms with Crippen LogP contribution >= 0.6 is 0 Å². The van der Waals surface area contributed by atoms with Gasteiger partial charge in [-0.2, -0.15) is 5.10 Å². The summed E-state index contributed by atoms with van der Waals surface area (Å²) in [5.41, 5.74) is 2.06. The average molecular weight is 497 g/mol. The average Bonchev–Trinajstić information content (AvgIpc) is 3.32. The summed E-state index contributed by atoms with van der Waals surface area (Å²) in [6, 6.07) is 0.955. The van der Waals surface area contributed by atoms with Crippen LogP contribution in [0.15, 0.2) is 18.5 Å². The van der Waals surface area contributed by atoms with Gasteiger partial charge in [-0.1, -0.05) is 26.7 Å². The Morgan fingerprint density at radius 2 is 1.97 bits per heavy atom. The van der Waals surface area contributed by atoms with Crippen LogP contribution in [-0.2, 0) is 26.8 Å². The summed E-state index contributed by atoms with van der Waals surface area (Å²) in [5.74, 6) is 0.0360. The van der Waals surface area contributed by atoms with Crippen LogP contribution in [0.4, 0.5) is 11.5 Å². The van der Waals surface area contributed by atoms with Gasteiger partial charge in [-0.3, -0.25) is 19.1 Å². The van der Waals surface area contributed by atoms with E-state index in [2.05, 4.69) is 39.9 Å². The van der Waals surface area contributed by atoms with Crippen molar-refractivity contribution in [2.75, 3.05) is 23.8 Å². The number of rotatable bonds is 9. The van der Waals surface area contributed by atoms with Crippen LogP contribution < -0.4 is 16.0 Å². The number of anilines is 2. The van der Waals surface area contributed by atoms with Crippen molar-refractivity contribution in [3.05, 3.63) is 35.3 Å². The highest BCUT2D eigenvalue weighted by molar-refractivity contribution is 6.07. The molecule has 0 saturated carbocycles. The first-order valence-electron chi connectivity index (χ1n) is 12.7. The lowest BCUT2D eigenvalue weighted by Gasteiger charge is -2.31. The third-order valence-corrected chi connectivity index (χ3v) is 7.39. The molecule has 0 bridgehead atoms. The first-order valence-corrected chi connectivity index (χ1v) is 12.7. The van der Waals surface area contributed by atoms with Crippen LogP contribution in [-0.4, -0.2) is 51.7 Å². The summed E-state index contributed by atoms with van der Waals surface area (Å²) >= 11 is 0. The third kappa shape index (κ3) is 5.13. The fourth-order valence-electron chi connectivity index (χ4n) is 5.26. The lowest BCUT2D eigenvalue weighted by Crippen LogP contribution is -2.44. The van der Waals surface area contributed by atoms with Crippen LogP contribution in [0.1, 0.15) is 74.0 Å². The number of nitrogens with one attached hydrogen (secondary N) is 3. The second-order valence-corrected chi connectivity index (χ2v) is 10.1. The van der Waals surface area contributed by atoms with E-state index in [1.165, 1.54) is 4.68 Å². The van der Waals surface area contributed by atoms with Gasteiger partial charge in [-0.15, -0.1) is 0 Å². The van der Waals surface area contributed by atoms with Gasteiger partial charge in [0.05, 0.1) is 17.3 Å². The summed E-state index contributed by atoms with van der Waals surface area (Å²) in [6.07, 6.45) is 7.94. The number of amides is 3. The molecule has 10 heteroatoms. The van der Waals surface area contributed by atoms with Gasteiger partial charge in [0.1, 0.15) is 17.6 Å². The van der Waals surface area contributed by atoms with Gasteiger partial charge in [0, 0.05) is 38.1 Å². The van der Waals surface area contributed by atoms with Gasteiger partial charge in [0.15, 0.2) is 0 Å². The molecule has 10 nitrogen and oxygen atoms in total. The highest BCUT2D eigenvalue weighted by Crippen LogP contribution is 2.44. The van der Waals surface area contributed by atoms with E-state index < -0.39 is 11.5 Å². The van der Waals surface area contributed by atoms with Gasteiger partial charge < -0.3 is 20.7 Å². The smallest absolute Gasteiger partial charge is 0.270 e. The number of fused-ring (bicyclic) bond motifs is 2. The molecule has 0 radical (unpaired) electrons. The zero-order chi connectivity index (χ0) is 25.9. The van der Waals surface area contributed by atoms with Crippen LogP contribution in [0.5, 0.6) is 0 Å². The Hall–Kier alpha value is -3.27. The molecule has 36 heavy (non-hydrogen) atoms. The number of carbonyl (C=O) groups excluding carboxylic acids is 3. The van der Waals surface area contributed by atoms with Gasteiger partial charge in [-0.25, -0.2) is 4.98 Å². The maximum absolute atomic E-state index is 13.3. The van der Waals surface area contributed by atoms with Crippen molar-refractivity contribution in [3.8, 4) is 0 Å². The standard InChI is InChI=1S/C26H36N6O4/c1-5-6-16(2)7-8-19(29-24(34)22-17(3)14-28-32(22)4)23(33)31-21-13-20-18(15-27-21)26(25(35)30-20)9-11-36-12-10-26/h13-16,19H,5-12H2,1-4H3,(H,29,34)(H,30,35)(H,27,31,33)/t16-,19-/m0/s1. The van der Waals surface area contributed by atoms with Crippen molar-refractivity contribution >= 4 is 29.2 Å². The van der Waals surface area contributed by atoms with Crippen molar-refractivity contribution < 1.29 is 19.1 Å². The number of ether oxygens (including phenoxy) is 1. The van der Waals surface area contributed by atoms with Crippen LogP contribution in [0.25, 0.3) is 0 Å². The number of aryl methyl sites for hydroxylation is 2. The zero-order valence-corrected chi connectivity index (χ0v) is 21.5. The molecule has 2 aliphatic heterocycles. The minimum Gasteiger partial charge on any atom is -0.381 e. The minimum atomic E-state index is -0.738. The van der Waals surface area contributed by atoms with E-state index in [1.807, 2.05) is 6.92 Å². The molecule has 0 aromatic carbocycles. The van der Waals surface area contributed by atoms with E-state index in [0.717, 1.165) is 30.4 Å². The number of hydrogen-bond acceptors (Lipinski definition) is 6. The zero-order valence-electron chi connectivity index (χ0n) is 21.5. The molecule has 0 aliphatic carbocycles. The molecule has 1 spiro atoms. The summed E-state index contributed by atoms with van der Waals surface area (Å²) in [7, 11) is 1.70. The lowest BCUT2D eigenvalue weighted by atomic mass is 9.76. The Labute approximate surface area is 211 Å². The van der Waals surface area contributed by atoms with E-state index in [4.69, 9.17) is 4.74 Å². The van der Waals surface area contributed by atoms with Crippen LogP contribution in [0.3, 0.4) is 0 Å². The second kappa shape index (κ2) is 10.8. The normalized spacial score (nSPS) is 17.8. The number of nitrogens with zero attached hydrogens (tertiary/aromatic N) is 3. The number of hydrogen-bond donors (Lipinski definition) is 3. The molecule has 4 rings (SSSR count). The largest absolute Gasteiger partial charge is 0.381 e. The highest BCUT2D eigenvalue weighted by Gasteiger charge is 2.48. The molecule has 0 unspecified atom stereocenters. The van der Waals surface area contributed by atoms with E-state index in [0.29, 0.717) is 55.6 Å². The molecule has 4 heterocycles. The maximum atomic E-state index is 13.3. The predicted octanol–water partition coefficient (Wildman–Crippen LogP) is 3.08. The van der Waals surface area contributed by atoms with E-state index >= 15 is 0 Å². The summed E-state index contributed by atoms with van der Waals surface area (Å²) < 4.78 is 6.96. The summed E-state index contributed by atoms with van der Waals surface area (Å²) in [5, 5.41) is 12.8. The SMILES string of the molecule is CCC[C@H](C)CC[C@H](NC(=O)c1c(C)cnn1C)C(=O)Nc1cc2c(cn1)C1(CCOCC1)C(=O)N2. The molecule has 1 fully saturated rings. The van der Waals surface area contributed by atoms with E-state index in [-0.39, 0.29) is 17.7 Å². The number of pyridine rings is 1. The molecule has 1 saturated heterocycles. The van der Waals surface area contributed by atoms with E-state index in [1.54, 1.807) is 25.5 Å². The molecule has 2 aromatic heterocycles. The van der Waals surface area contributed by atoms with Crippen molar-refractivity contribution in [3.63, 3.8) is 0 Å². The number of aromatic nitrogens is 3. The Kier molecular flexibility index (Phi) is 7.73. The Bertz CT molecular complexity index is 1120. The molecule has 2 aromatic rings. The molecular weight excluding hydrogens is 460 g/mol. The molecule has 194 valence electrons. The second-order valence-electron chi connectivity index (χ2n) is 10.1. The monoisotopic (exact) mass is 496 g/mol. The molecule has 3 amide bonds. The lowest BCUT2D eigenvalue weighted by molar-refractivity contribution is -0.124. The van der Waals surface area contributed by atoms with Crippen molar-refractivity contribution in [1.29, 1.82) is 0 Å². The highest BCUT2D eigenvalue weighted by atomic mass is 16.5. The van der Waals surface area contributed by atoms with Gasteiger partial charge >= 0.3 is 0 Å². The van der Waals surface area contributed by atoms with Crippen molar-refractivity contribution in [1.82, 2.24) is 20.1 Å². The molecular formula is C26H36N6O4. The number of carbonyl (C=O) groups is 3. The van der Waals surface area contributed by atoms with Gasteiger partial charge in [-0.05, 0) is 44.1 Å². The predicted molar refractivity (Wildman–Crippen MR) is 136 cm³/mol. The first kappa shape index (κ1) is 25.8. The third-order valence-electron chi connectivity index (χ3n) is 7.39. The van der Waals surface area contributed by atoms with Gasteiger partial charge in [0.2, 0.25) is 11.8 Å². The fraction of sp³-hybridized carbons (Fsp3) is 0.577. The Balaban J connectivity index is 1.50. The van der Waals surface area contributed by atoms with Crippen LogP contribution in [0, 0.1) is 12.8 Å². The summed E-state index contributed by atoms with van der Waals surface area (Å²) in [6.45, 7) is 7.16. The van der Waals surface area contributed by atoms with Gasteiger partial charge in [0.25, 0.3) is 5.91 Å². The summed E-state index contributed by atoms with van der Waals surface area (Å²) in [4.78, 5) is 43.6. The molecule has 2 atom stereocenters. The fourth-order valence-corrected chi connectivity index (χ4v) is 5.26. The van der Waals surface area contributed by atoms with Crippen LogP contribution in [0.2, 0.25) is 0 Å². The maximum Gasteiger partial charge on any atom is 0.270 e. The topological polar surface area (TPSA) is 127 Å². The van der Waals surface area contributed by atoms with Crippen molar-refractivity contribution in [2.45, 2.75) is 70.8 Å². The Morgan fingerprint density at radius 1 is 1.22 bits per heavy atom. The minimum absolute atomic E-state index is 0.0484.